The molecule has 2 atom stereocenters. The quantitative estimate of drug-likeness (QED) is 0.761. The number of hydrogen-bond donors (Lipinski definition) is 0. The van der Waals surface area contributed by atoms with Crippen LogP contribution in [0, 0.1) is 0 Å². The maximum absolute atomic E-state index is 6.08. The van der Waals surface area contributed by atoms with E-state index in [9.17, 15) is 0 Å². The molecule has 2 nitrogen and oxygen atoms in total. The molecule has 1 aliphatic heterocycles. The molecule has 3 rings (SSSR count). The van der Waals surface area contributed by atoms with Gasteiger partial charge >= 0.3 is 0 Å². The van der Waals surface area contributed by atoms with Gasteiger partial charge in [0.1, 0.15) is 12.2 Å². The lowest BCUT2D eigenvalue weighted by Gasteiger charge is -2.18. The Labute approximate surface area is 114 Å². The summed E-state index contributed by atoms with van der Waals surface area (Å²) in [5.41, 5.74) is 2.36. The second kappa shape index (κ2) is 5.55. The third-order valence-corrected chi connectivity index (χ3v) is 3.47. The Hall–Kier alpha value is -1.64. The van der Waals surface area contributed by atoms with Gasteiger partial charge in [0.25, 0.3) is 0 Å². The maximum atomic E-state index is 6.08. The molecule has 98 valence electrons. The van der Waals surface area contributed by atoms with Crippen molar-refractivity contribution in [3.05, 3.63) is 71.8 Å². The predicted octanol–water partition coefficient (Wildman–Crippen LogP) is 3.58. The highest BCUT2D eigenvalue weighted by Crippen LogP contribution is 2.29. The van der Waals surface area contributed by atoms with E-state index >= 15 is 0 Å². The van der Waals surface area contributed by atoms with Crippen molar-refractivity contribution in [1.82, 2.24) is 0 Å². The van der Waals surface area contributed by atoms with Crippen molar-refractivity contribution in [3.63, 3.8) is 0 Å². The molecule has 19 heavy (non-hydrogen) atoms. The van der Waals surface area contributed by atoms with Crippen molar-refractivity contribution in [1.29, 1.82) is 0 Å². The Balaban J connectivity index is 1.79. The van der Waals surface area contributed by atoms with Crippen molar-refractivity contribution in [2.45, 2.75) is 25.2 Å². The molecule has 0 aliphatic carbocycles. The lowest BCUT2D eigenvalue weighted by Crippen LogP contribution is -2.11. The molecule has 1 heterocycles. The SMILES string of the molecule is C[C@H]1O[C@@H]1COC(c1ccccc1)c1ccccc1. The van der Waals surface area contributed by atoms with Gasteiger partial charge in [-0.05, 0) is 18.1 Å². The van der Waals surface area contributed by atoms with Gasteiger partial charge in [-0.15, -0.1) is 0 Å². The maximum Gasteiger partial charge on any atom is 0.108 e. The molecule has 1 saturated heterocycles. The van der Waals surface area contributed by atoms with Gasteiger partial charge in [0.05, 0.1) is 12.7 Å². The van der Waals surface area contributed by atoms with Crippen LogP contribution in [0.5, 0.6) is 0 Å². The van der Waals surface area contributed by atoms with Crippen LogP contribution in [0.3, 0.4) is 0 Å². The first-order valence-corrected chi connectivity index (χ1v) is 6.71. The van der Waals surface area contributed by atoms with E-state index in [-0.39, 0.29) is 12.2 Å². The Morgan fingerprint density at radius 3 is 1.84 bits per heavy atom. The Morgan fingerprint density at radius 2 is 1.42 bits per heavy atom. The third kappa shape index (κ3) is 3.03. The number of epoxide rings is 1. The van der Waals surface area contributed by atoms with Gasteiger partial charge in [-0.25, -0.2) is 0 Å². The van der Waals surface area contributed by atoms with Gasteiger partial charge in [-0.2, -0.15) is 0 Å². The molecule has 0 spiro atoms. The smallest absolute Gasteiger partial charge is 0.108 e. The summed E-state index contributed by atoms with van der Waals surface area (Å²) in [4.78, 5) is 0. The molecule has 1 fully saturated rings. The average molecular weight is 254 g/mol. The van der Waals surface area contributed by atoms with E-state index < -0.39 is 0 Å². The van der Waals surface area contributed by atoms with Gasteiger partial charge < -0.3 is 9.47 Å². The standard InChI is InChI=1S/C17H18O2/c1-13-16(19-13)12-18-17(14-8-4-2-5-9-14)15-10-6-3-7-11-15/h2-11,13,16-17H,12H2,1H3/t13-,16-/m1/s1. The fourth-order valence-electron chi connectivity index (χ4n) is 2.24. The predicted molar refractivity (Wildman–Crippen MR) is 75.0 cm³/mol. The van der Waals surface area contributed by atoms with Crippen LogP contribution in [-0.4, -0.2) is 18.8 Å². The fourth-order valence-corrected chi connectivity index (χ4v) is 2.24. The van der Waals surface area contributed by atoms with E-state index in [0.29, 0.717) is 12.7 Å². The van der Waals surface area contributed by atoms with E-state index in [1.165, 1.54) is 11.1 Å². The Morgan fingerprint density at radius 1 is 0.947 bits per heavy atom. The first kappa shape index (κ1) is 12.4. The molecular weight excluding hydrogens is 236 g/mol. The van der Waals surface area contributed by atoms with Crippen LogP contribution in [0.25, 0.3) is 0 Å². The molecule has 0 radical (unpaired) electrons. The Bertz CT molecular complexity index is 470. The van der Waals surface area contributed by atoms with E-state index in [4.69, 9.17) is 9.47 Å². The minimum atomic E-state index is -0.0150. The van der Waals surface area contributed by atoms with E-state index in [0.717, 1.165) is 0 Å². The zero-order chi connectivity index (χ0) is 13.1. The van der Waals surface area contributed by atoms with Crippen LogP contribution in [-0.2, 0) is 9.47 Å². The van der Waals surface area contributed by atoms with E-state index in [1.807, 2.05) is 36.4 Å². The van der Waals surface area contributed by atoms with Crippen molar-refractivity contribution in [3.8, 4) is 0 Å². The molecule has 0 amide bonds. The van der Waals surface area contributed by atoms with Crippen molar-refractivity contribution < 1.29 is 9.47 Å². The van der Waals surface area contributed by atoms with Crippen LogP contribution in [0.4, 0.5) is 0 Å². The fraction of sp³-hybridized carbons (Fsp3) is 0.294. The lowest BCUT2D eigenvalue weighted by molar-refractivity contribution is 0.0672. The monoisotopic (exact) mass is 254 g/mol. The van der Waals surface area contributed by atoms with Gasteiger partial charge in [0.2, 0.25) is 0 Å². The highest BCUT2D eigenvalue weighted by molar-refractivity contribution is 5.29. The highest BCUT2D eigenvalue weighted by atomic mass is 16.6. The summed E-state index contributed by atoms with van der Waals surface area (Å²) in [6, 6.07) is 20.7. The van der Waals surface area contributed by atoms with Crippen molar-refractivity contribution in [2.24, 2.45) is 0 Å². The molecule has 2 heteroatoms. The van der Waals surface area contributed by atoms with E-state index in [1.54, 1.807) is 0 Å². The van der Waals surface area contributed by atoms with Crippen LogP contribution in [0.2, 0.25) is 0 Å². The third-order valence-electron chi connectivity index (χ3n) is 3.47. The highest BCUT2D eigenvalue weighted by Gasteiger charge is 2.35. The second-order valence-electron chi connectivity index (χ2n) is 4.91. The second-order valence-corrected chi connectivity index (χ2v) is 4.91. The molecule has 0 N–H and O–H groups in total. The summed E-state index contributed by atoms with van der Waals surface area (Å²) in [6.45, 7) is 2.73. The van der Waals surface area contributed by atoms with Crippen molar-refractivity contribution in [2.75, 3.05) is 6.61 Å². The first-order chi connectivity index (χ1) is 9.34. The summed E-state index contributed by atoms with van der Waals surface area (Å²) in [7, 11) is 0. The summed E-state index contributed by atoms with van der Waals surface area (Å²) in [6.07, 6.45) is 0.584. The van der Waals surface area contributed by atoms with Crippen LogP contribution < -0.4 is 0 Å². The molecule has 0 aromatic heterocycles. The summed E-state index contributed by atoms with van der Waals surface area (Å²) >= 11 is 0. The number of benzene rings is 2. The van der Waals surface area contributed by atoms with E-state index in [2.05, 4.69) is 31.2 Å². The van der Waals surface area contributed by atoms with Gasteiger partial charge in [0.15, 0.2) is 0 Å². The molecule has 2 aromatic rings. The summed E-state index contributed by atoms with van der Waals surface area (Å²) in [5, 5.41) is 0. The van der Waals surface area contributed by atoms with Crippen LogP contribution in [0.15, 0.2) is 60.7 Å². The van der Waals surface area contributed by atoms with Gasteiger partial charge in [-0.3, -0.25) is 0 Å². The lowest BCUT2D eigenvalue weighted by atomic mass is 10.0. The number of rotatable bonds is 5. The zero-order valence-corrected chi connectivity index (χ0v) is 11.0. The topological polar surface area (TPSA) is 21.8 Å². The number of hydrogen-bond acceptors (Lipinski definition) is 2. The summed E-state index contributed by atoms with van der Waals surface area (Å²) in [5.74, 6) is 0. The molecule has 0 unspecified atom stereocenters. The molecule has 1 aliphatic rings. The largest absolute Gasteiger partial charge is 0.367 e. The molecule has 0 bridgehead atoms. The minimum absolute atomic E-state index is 0.0150. The molecular formula is C17H18O2. The first-order valence-electron chi connectivity index (χ1n) is 6.71. The molecule has 0 saturated carbocycles. The average Bonchev–Trinajstić information content (AvgIpc) is 3.17. The van der Waals surface area contributed by atoms with Crippen LogP contribution in [0.1, 0.15) is 24.2 Å². The van der Waals surface area contributed by atoms with Crippen molar-refractivity contribution >= 4 is 0 Å². The van der Waals surface area contributed by atoms with Gasteiger partial charge in [0, 0.05) is 0 Å². The summed E-state index contributed by atoms with van der Waals surface area (Å²) < 4.78 is 11.5. The molecule has 2 aromatic carbocycles. The Kier molecular flexibility index (Phi) is 3.62. The minimum Gasteiger partial charge on any atom is -0.367 e. The zero-order valence-electron chi connectivity index (χ0n) is 11.0. The normalized spacial score (nSPS) is 21.6. The van der Waals surface area contributed by atoms with Gasteiger partial charge in [-0.1, -0.05) is 60.7 Å². The number of ether oxygens (including phenoxy) is 2. The van der Waals surface area contributed by atoms with Crippen LogP contribution >= 0.6 is 0 Å².